The van der Waals surface area contributed by atoms with Crippen LogP contribution in [0, 0.1) is 0 Å². The number of carbonyl (C=O) groups excluding carboxylic acids is 1. The van der Waals surface area contributed by atoms with Gasteiger partial charge in [0.05, 0.1) is 11.3 Å². The number of hydrogen-bond donors (Lipinski definition) is 2. The van der Waals surface area contributed by atoms with Crippen molar-refractivity contribution in [1.29, 1.82) is 0 Å². The van der Waals surface area contributed by atoms with Gasteiger partial charge in [-0.3, -0.25) is 4.79 Å². The molecule has 0 spiro atoms. The molecule has 0 aromatic carbocycles. The molecular weight excluding hydrogens is 216 g/mol. The van der Waals surface area contributed by atoms with E-state index in [1.165, 1.54) is 0 Å². The van der Waals surface area contributed by atoms with Crippen LogP contribution in [0.4, 0.5) is 20.3 Å². The van der Waals surface area contributed by atoms with Gasteiger partial charge in [-0.15, -0.1) is 0 Å². The number of aromatic nitrogens is 1. The van der Waals surface area contributed by atoms with Gasteiger partial charge >= 0.3 is 0 Å². The summed E-state index contributed by atoms with van der Waals surface area (Å²) >= 11 is 5.11. The molecule has 0 radical (unpaired) electrons. The van der Waals surface area contributed by atoms with E-state index in [1.54, 1.807) is 0 Å². The molecule has 1 aromatic heterocycles. The van der Waals surface area contributed by atoms with Gasteiger partial charge in [-0.1, -0.05) is 0 Å². The standard InChI is InChI=1S/C7H6ClF2N3O/c8-5(14)2-1-3(6(9)10)13-7(12)4(2)11/h1,6H,11H2,(H2,12,13). The number of halogens is 3. The summed E-state index contributed by atoms with van der Waals surface area (Å²) in [6.45, 7) is 0. The fourth-order valence-electron chi connectivity index (χ4n) is 0.870. The largest absolute Gasteiger partial charge is 0.395 e. The van der Waals surface area contributed by atoms with E-state index >= 15 is 0 Å². The number of carbonyl (C=O) groups is 1. The monoisotopic (exact) mass is 221 g/mol. The Bertz CT molecular complexity index is 383. The second kappa shape index (κ2) is 3.75. The van der Waals surface area contributed by atoms with Gasteiger partial charge in [0.15, 0.2) is 0 Å². The fraction of sp³-hybridized carbons (Fsp3) is 0.143. The third-order valence-corrected chi connectivity index (χ3v) is 1.75. The number of hydrogen-bond acceptors (Lipinski definition) is 4. The van der Waals surface area contributed by atoms with E-state index in [9.17, 15) is 13.6 Å². The Morgan fingerprint density at radius 1 is 1.50 bits per heavy atom. The highest BCUT2D eigenvalue weighted by Gasteiger charge is 2.17. The van der Waals surface area contributed by atoms with E-state index in [0.717, 1.165) is 6.07 Å². The first kappa shape index (κ1) is 10.6. The summed E-state index contributed by atoms with van der Waals surface area (Å²) in [5.74, 6) is -0.327. The van der Waals surface area contributed by atoms with Crippen molar-refractivity contribution in [2.45, 2.75) is 6.43 Å². The molecule has 0 saturated heterocycles. The molecule has 0 unspecified atom stereocenters. The molecule has 7 heteroatoms. The van der Waals surface area contributed by atoms with Crippen molar-refractivity contribution in [2.75, 3.05) is 11.5 Å². The van der Waals surface area contributed by atoms with Gasteiger partial charge in [-0.25, -0.2) is 13.8 Å². The quantitative estimate of drug-likeness (QED) is 0.743. The maximum atomic E-state index is 12.2. The van der Waals surface area contributed by atoms with Crippen molar-refractivity contribution < 1.29 is 13.6 Å². The molecule has 0 bridgehead atoms. The molecule has 4 N–H and O–H groups in total. The van der Waals surface area contributed by atoms with Crippen LogP contribution in [0.3, 0.4) is 0 Å². The molecule has 0 aliphatic rings. The second-order valence-electron chi connectivity index (χ2n) is 2.47. The summed E-state index contributed by atoms with van der Waals surface area (Å²) < 4.78 is 24.4. The van der Waals surface area contributed by atoms with Gasteiger partial charge in [0.25, 0.3) is 11.7 Å². The van der Waals surface area contributed by atoms with Crippen LogP contribution in [0.1, 0.15) is 22.5 Å². The van der Waals surface area contributed by atoms with Gasteiger partial charge in [0.1, 0.15) is 11.5 Å². The highest BCUT2D eigenvalue weighted by Crippen LogP contribution is 2.25. The Morgan fingerprint density at radius 3 is 2.50 bits per heavy atom. The molecule has 0 amide bonds. The normalized spacial score (nSPS) is 10.6. The molecule has 1 rings (SSSR count). The molecule has 0 atom stereocenters. The van der Waals surface area contributed by atoms with E-state index in [1.807, 2.05) is 0 Å². The average Bonchev–Trinajstić information content (AvgIpc) is 2.08. The van der Waals surface area contributed by atoms with Gasteiger partial charge in [-0.05, 0) is 17.7 Å². The molecule has 4 nitrogen and oxygen atoms in total. The molecule has 14 heavy (non-hydrogen) atoms. The molecule has 0 aliphatic carbocycles. The zero-order valence-corrected chi connectivity index (χ0v) is 7.55. The first-order valence-corrected chi connectivity index (χ1v) is 3.85. The highest BCUT2D eigenvalue weighted by molar-refractivity contribution is 6.68. The molecule has 0 fully saturated rings. The summed E-state index contributed by atoms with van der Waals surface area (Å²) in [5, 5.41) is -0.946. The number of anilines is 2. The van der Waals surface area contributed by atoms with E-state index in [0.29, 0.717) is 0 Å². The van der Waals surface area contributed by atoms with Gasteiger partial charge in [0.2, 0.25) is 0 Å². The van der Waals surface area contributed by atoms with Crippen molar-refractivity contribution in [3.63, 3.8) is 0 Å². The van der Waals surface area contributed by atoms with Crippen LogP contribution in [0.15, 0.2) is 6.07 Å². The smallest absolute Gasteiger partial charge is 0.280 e. The van der Waals surface area contributed by atoms with Crippen molar-refractivity contribution in [3.8, 4) is 0 Å². The van der Waals surface area contributed by atoms with Crippen LogP contribution in [0.25, 0.3) is 0 Å². The summed E-state index contributed by atoms with van der Waals surface area (Å²) in [5.41, 5.74) is 9.47. The molecule has 1 heterocycles. The first-order chi connectivity index (χ1) is 6.43. The molecule has 0 saturated carbocycles. The number of rotatable bonds is 2. The minimum absolute atomic E-state index is 0.186. The van der Waals surface area contributed by atoms with Crippen molar-refractivity contribution >= 4 is 28.3 Å². The van der Waals surface area contributed by atoms with E-state index in [-0.39, 0.29) is 17.1 Å². The van der Waals surface area contributed by atoms with Crippen molar-refractivity contribution in [1.82, 2.24) is 4.98 Å². The Kier molecular flexibility index (Phi) is 2.85. The van der Waals surface area contributed by atoms with E-state index in [4.69, 9.17) is 23.1 Å². The fourth-order valence-corrected chi connectivity index (χ4v) is 1.03. The maximum absolute atomic E-state index is 12.2. The second-order valence-corrected chi connectivity index (χ2v) is 2.81. The Balaban J connectivity index is 3.35. The van der Waals surface area contributed by atoms with Gasteiger partial charge in [0, 0.05) is 0 Å². The summed E-state index contributed by atoms with van der Waals surface area (Å²) in [7, 11) is 0. The minimum Gasteiger partial charge on any atom is -0.395 e. The summed E-state index contributed by atoms with van der Waals surface area (Å²) in [4.78, 5) is 14.1. The molecule has 76 valence electrons. The maximum Gasteiger partial charge on any atom is 0.280 e. The van der Waals surface area contributed by atoms with Crippen molar-refractivity contribution in [2.24, 2.45) is 0 Å². The third-order valence-electron chi connectivity index (χ3n) is 1.54. The van der Waals surface area contributed by atoms with Crippen LogP contribution in [0.5, 0.6) is 0 Å². The number of nitrogens with zero attached hydrogens (tertiary/aromatic N) is 1. The summed E-state index contributed by atoms with van der Waals surface area (Å²) in [6, 6.07) is 0.825. The van der Waals surface area contributed by atoms with Crippen LogP contribution in [-0.2, 0) is 0 Å². The third kappa shape index (κ3) is 1.90. The van der Waals surface area contributed by atoms with Crippen LogP contribution < -0.4 is 11.5 Å². The lowest BCUT2D eigenvalue weighted by atomic mass is 10.2. The van der Waals surface area contributed by atoms with Gasteiger partial charge in [-0.2, -0.15) is 0 Å². The SMILES string of the molecule is Nc1nc(C(F)F)cc(C(=O)Cl)c1N. The first-order valence-electron chi connectivity index (χ1n) is 3.47. The Hall–Kier alpha value is -1.43. The van der Waals surface area contributed by atoms with E-state index in [2.05, 4.69) is 4.98 Å². The number of pyridine rings is 1. The van der Waals surface area contributed by atoms with E-state index < -0.39 is 17.4 Å². The summed E-state index contributed by atoms with van der Waals surface area (Å²) in [6.07, 6.45) is -2.83. The molecular formula is C7H6ClF2N3O. The Morgan fingerprint density at radius 2 is 2.07 bits per heavy atom. The van der Waals surface area contributed by atoms with Crippen LogP contribution in [0.2, 0.25) is 0 Å². The molecule has 1 aromatic rings. The van der Waals surface area contributed by atoms with Crippen LogP contribution >= 0.6 is 11.6 Å². The predicted octanol–water partition coefficient (Wildman–Crippen LogP) is 1.56. The lowest BCUT2D eigenvalue weighted by molar-refractivity contribution is 0.108. The van der Waals surface area contributed by atoms with Crippen molar-refractivity contribution in [3.05, 3.63) is 17.3 Å². The lowest BCUT2D eigenvalue weighted by Gasteiger charge is -2.06. The average molecular weight is 222 g/mol. The molecule has 0 aliphatic heterocycles. The number of nitrogen functional groups attached to an aromatic ring is 2. The topological polar surface area (TPSA) is 82.0 Å². The lowest BCUT2D eigenvalue weighted by Crippen LogP contribution is -2.07. The zero-order valence-electron chi connectivity index (χ0n) is 6.80. The Labute approximate surface area is 82.9 Å². The number of alkyl halides is 2. The van der Waals surface area contributed by atoms with Crippen LogP contribution in [-0.4, -0.2) is 10.2 Å². The predicted molar refractivity (Wildman–Crippen MR) is 48.2 cm³/mol. The minimum atomic E-state index is -2.83. The highest BCUT2D eigenvalue weighted by atomic mass is 35.5. The van der Waals surface area contributed by atoms with Gasteiger partial charge < -0.3 is 11.5 Å². The zero-order chi connectivity index (χ0) is 10.9. The number of nitrogens with two attached hydrogens (primary N) is 2.